The molecule has 0 N–H and O–H groups in total. The van der Waals surface area contributed by atoms with E-state index in [2.05, 4.69) is 9.84 Å². The van der Waals surface area contributed by atoms with E-state index in [-0.39, 0.29) is 6.42 Å². The Bertz CT molecular complexity index is 1270. The van der Waals surface area contributed by atoms with Crippen LogP contribution >= 0.6 is 0 Å². The zero-order chi connectivity index (χ0) is 25.9. The molecule has 36 heavy (non-hydrogen) atoms. The Balaban J connectivity index is 1.51. The summed E-state index contributed by atoms with van der Waals surface area (Å²) in [5, 5.41) is 4.96. The van der Waals surface area contributed by atoms with Crippen molar-refractivity contribution in [1.29, 1.82) is 0 Å². The van der Waals surface area contributed by atoms with Crippen molar-refractivity contribution in [3.63, 3.8) is 0 Å². The van der Waals surface area contributed by atoms with E-state index < -0.39 is 30.3 Å². The maximum Gasteiger partial charge on any atom is 0.431 e. The molecule has 1 atom stereocenters. The molecule has 4 rings (SSSR count). The third-order valence-electron chi connectivity index (χ3n) is 5.87. The molecule has 0 aliphatic carbocycles. The summed E-state index contributed by atoms with van der Waals surface area (Å²) < 4.78 is 55.7. The molecule has 3 aromatic carbocycles. The summed E-state index contributed by atoms with van der Waals surface area (Å²) in [5.41, 5.74) is 2.43. The predicted octanol–water partition coefficient (Wildman–Crippen LogP) is 6.52. The number of anilines is 1. The number of hydrogen-bond acceptors (Lipinski definition) is 6. The lowest BCUT2D eigenvalue weighted by Gasteiger charge is -2.23. The van der Waals surface area contributed by atoms with Crippen molar-refractivity contribution in [3.05, 3.63) is 72.3 Å². The van der Waals surface area contributed by atoms with E-state index >= 15 is 0 Å². The van der Waals surface area contributed by atoms with Crippen LogP contribution in [0.2, 0.25) is 0 Å². The molecule has 0 radical (unpaired) electrons. The van der Waals surface area contributed by atoms with Gasteiger partial charge in [-0.2, -0.15) is 18.3 Å². The number of nitrogens with zero attached hydrogens (tertiary/aromatic N) is 2. The number of rotatable bonds is 7. The fraction of sp³-hybridized carbons (Fsp3) is 0.259. The Kier molecular flexibility index (Phi) is 7.19. The molecular weight excluding hydrogens is 473 g/mol. The van der Waals surface area contributed by atoms with Gasteiger partial charge < -0.3 is 14.2 Å². The quantitative estimate of drug-likeness (QED) is 0.347. The van der Waals surface area contributed by atoms with E-state index in [1.54, 1.807) is 31.4 Å². The summed E-state index contributed by atoms with van der Waals surface area (Å²) in [6, 6.07) is 19.3. The Morgan fingerprint density at radius 1 is 1.00 bits per heavy atom. The number of esters is 1. The Morgan fingerprint density at radius 2 is 1.72 bits per heavy atom. The van der Waals surface area contributed by atoms with Gasteiger partial charge in [-0.15, -0.1) is 0 Å². The molecule has 0 amide bonds. The molecule has 0 bridgehead atoms. The molecule has 0 saturated carbocycles. The summed E-state index contributed by atoms with van der Waals surface area (Å²) in [6.07, 6.45) is -5.17. The summed E-state index contributed by atoms with van der Waals surface area (Å²) in [7, 11) is 2.82. The fourth-order valence-electron chi connectivity index (χ4n) is 3.98. The number of hydrazone groups is 1. The van der Waals surface area contributed by atoms with Crippen LogP contribution in [0.5, 0.6) is 17.2 Å². The third kappa shape index (κ3) is 5.62. The van der Waals surface area contributed by atoms with Gasteiger partial charge in [0, 0.05) is 6.42 Å². The van der Waals surface area contributed by atoms with Crippen LogP contribution < -0.4 is 14.5 Å². The first-order chi connectivity index (χ1) is 17.2. The number of carbonyl (C=O) groups excluding carboxylic acids is 1. The zero-order valence-corrected chi connectivity index (χ0v) is 20.0. The van der Waals surface area contributed by atoms with Gasteiger partial charge in [0.1, 0.15) is 23.0 Å². The normalized spacial score (nSPS) is 15.4. The van der Waals surface area contributed by atoms with Crippen LogP contribution in [0.15, 0.2) is 71.8 Å². The van der Waals surface area contributed by atoms with Crippen LogP contribution in [0.3, 0.4) is 0 Å². The monoisotopic (exact) mass is 498 g/mol. The van der Waals surface area contributed by atoms with Crippen LogP contribution in [-0.2, 0) is 9.53 Å². The van der Waals surface area contributed by atoms with Crippen molar-refractivity contribution in [3.8, 4) is 28.4 Å². The molecule has 6 nitrogen and oxygen atoms in total. The number of aryl methyl sites for hydroxylation is 1. The number of halogens is 3. The number of alkyl halides is 3. The molecule has 9 heteroatoms. The van der Waals surface area contributed by atoms with Gasteiger partial charge >= 0.3 is 12.1 Å². The van der Waals surface area contributed by atoms with Gasteiger partial charge in [0.05, 0.1) is 32.4 Å². The number of hydrogen-bond donors (Lipinski definition) is 0. The van der Waals surface area contributed by atoms with E-state index in [4.69, 9.17) is 9.47 Å². The minimum Gasteiger partial charge on any atom is -0.497 e. The largest absolute Gasteiger partial charge is 0.497 e. The highest BCUT2D eigenvalue weighted by atomic mass is 19.4. The first-order valence-corrected chi connectivity index (χ1v) is 11.2. The van der Waals surface area contributed by atoms with Crippen molar-refractivity contribution in [2.75, 3.05) is 19.2 Å². The molecule has 3 aromatic rings. The third-order valence-corrected chi connectivity index (χ3v) is 5.87. The van der Waals surface area contributed by atoms with Crippen LogP contribution in [0.4, 0.5) is 18.9 Å². The Labute approximate surface area is 206 Å². The molecule has 1 aliphatic rings. The van der Waals surface area contributed by atoms with Crippen molar-refractivity contribution in [1.82, 2.24) is 0 Å². The van der Waals surface area contributed by atoms with Crippen molar-refractivity contribution in [2.24, 2.45) is 5.10 Å². The van der Waals surface area contributed by atoms with Crippen molar-refractivity contribution in [2.45, 2.75) is 32.0 Å². The highest BCUT2D eigenvalue weighted by Gasteiger charge is 2.43. The van der Waals surface area contributed by atoms with Crippen molar-refractivity contribution >= 4 is 17.4 Å². The highest BCUT2D eigenvalue weighted by Crippen LogP contribution is 2.35. The molecule has 0 fully saturated rings. The van der Waals surface area contributed by atoms with E-state index in [1.165, 1.54) is 12.1 Å². The van der Waals surface area contributed by atoms with Gasteiger partial charge in [0.25, 0.3) is 0 Å². The molecule has 0 spiro atoms. The lowest BCUT2D eigenvalue weighted by molar-refractivity contribution is -0.141. The number of benzene rings is 3. The van der Waals surface area contributed by atoms with E-state index in [0.717, 1.165) is 22.4 Å². The summed E-state index contributed by atoms with van der Waals surface area (Å²) in [4.78, 5) is 11.7. The average Bonchev–Trinajstić information content (AvgIpc) is 3.30. The van der Waals surface area contributed by atoms with E-state index in [1.807, 2.05) is 49.4 Å². The minimum absolute atomic E-state index is 0.212. The second-order valence-electron chi connectivity index (χ2n) is 8.34. The number of ether oxygens (including phenoxy) is 3. The molecule has 1 heterocycles. The fourth-order valence-corrected chi connectivity index (χ4v) is 3.98. The van der Waals surface area contributed by atoms with E-state index in [9.17, 15) is 18.0 Å². The topological polar surface area (TPSA) is 60.4 Å². The van der Waals surface area contributed by atoms with Crippen LogP contribution in [-0.4, -0.2) is 38.1 Å². The van der Waals surface area contributed by atoms with Gasteiger partial charge in [0.2, 0.25) is 0 Å². The minimum atomic E-state index is -4.57. The first-order valence-electron chi connectivity index (χ1n) is 11.2. The SMILES string of the molecule is COC(=O)CC1CC(C(F)(F)F)=NN1c1ccc(Oc2ccc(-c3cccc(OC)c3)cc2C)cc1. The van der Waals surface area contributed by atoms with Gasteiger partial charge in [-0.25, -0.2) is 0 Å². The standard InChI is InChI=1S/C27H25F3N2O4/c1-17-13-19(18-5-4-6-23(14-18)34-2)7-12-24(17)36-22-10-8-20(9-11-22)32-21(16-26(33)35-3)15-25(31-32)27(28,29)30/h4-14,21H,15-16H2,1-3H3. The van der Waals surface area contributed by atoms with Gasteiger partial charge in [0.15, 0.2) is 0 Å². The lowest BCUT2D eigenvalue weighted by Crippen LogP contribution is -2.30. The predicted molar refractivity (Wildman–Crippen MR) is 131 cm³/mol. The Hall–Kier alpha value is -4.01. The molecular formula is C27H25F3N2O4. The summed E-state index contributed by atoms with van der Waals surface area (Å²) in [5.74, 6) is 1.33. The number of carbonyl (C=O) groups is 1. The smallest absolute Gasteiger partial charge is 0.431 e. The number of methoxy groups -OCH3 is 2. The van der Waals surface area contributed by atoms with Gasteiger partial charge in [-0.3, -0.25) is 9.80 Å². The highest BCUT2D eigenvalue weighted by molar-refractivity contribution is 5.94. The summed E-state index contributed by atoms with van der Waals surface area (Å²) in [6.45, 7) is 1.93. The second-order valence-corrected chi connectivity index (χ2v) is 8.34. The molecule has 1 unspecified atom stereocenters. The molecule has 0 aromatic heterocycles. The Morgan fingerprint density at radius 3 is 2.36 bits per heavy atom. The summed E-state index contributed by atoms with van der Waals surface area (Å²) >= 11 is 0. The maximum atomic E-state index is 13.3. The molecule has 188 valence electrons. The molecule has 0 saturated heterocycles. The lowest BCUT2D eigenvalue weighted by atomic mass is 10.0. The van der Waals surface area contributed by atoms with Crippen LogP contribution in [0.25, 0.3) is 11.1 Å². The second kappa shape index (κ2) is 10.3. The van der Waals surface area contributed by atoms with Gasteiger partial charge in [-0.1, -0.05) is 18.2 Å². The maximum absolute atomic E-state index is 13.3. The van der Waals surface area contributed by atoms with Crippen LogP contribution in [0, 0.1) is 6.92 Å². The van der Waals surface area contributed by atoms with E-state index in [0.29, 0.717) is 17.2 Å². The average molecular weight is 499 g/mol. The van der Waals surface area contributed by atoms with Crippen LogP contribution in [0.1, 0.15) is 18.4 Å². The van der Waals surface area contributed by atoms with Crippen molar-refractivity contribution < 1.29 is 32.2 Å². The zero-order valence-electron chi connectivity index (χ0n) is 20.0. The first kappa shape index (κ1) is 25.1. The molecule has 1 aliphatic heterocycles. The van der Waals surface area contributed by atoms with Gasteiger partial charge in [-0.05, 0) is 72.1 Å².